The van der Waals surface area contributed by atoms with Gasteiger partial charge in [0.2, 0.25) is 5.95 Å². The lowest BCUT2D eigenvalue weighted by Crippen LogP contribution is -2.27. The maximum Gasteiger partial charge on any atom is 0.321 e. The summed E-state index contributed by atoms with van der Waals surface area (Å²) in [7, 11) is 3.37. The summed E-state index contributed by atoms with van der Waals surface area (Å²) in [5, 5.41) is 6.97. The second-order valence-electron chi connectivity index (χ2n) is 5.51. The van der Waals surface area contributed by atoms with E-state index in [1.807, 2.05) is 6.07 Å². The van der Waals surface area contributed by atoms with Crippen LogP contribution in [0.2, 0.25) is 0 Å². The first-order chi connectivity index (χ1) is 10.4. The summed E-state index contributed by atoms with van der Waals surface area (Å²) in [5.41, 5.74) is 4.89. The molecule has 3 aromatic rings. The van der Waals surface area contributed by atoms with Crippen LogP contribution in [-0.2, 0) is 0 Å². The van der Waals surface area contributed by atoms with Crippen LogP contribution in [0.15, 0.2) is 24.5 Å². The smallest absolute Gasteiger partial charge is 0.321 e. The number of fused-ring (bicyclic) bond motifs is 1. The van der Waals surface area contributed by atoms with Crippen molar-refractivity contribution in [1.29, 1.82) is 0 Å². The molecular weight excluding hydrogens is 280 g/mol. The molecule has 22 heavy (non-hydrogen) atoms. The number of urea groups is 1. The number of benzene rings is 1. The average Bonchev–Trinajstić information content (AvgIpc) is 3.06. The number of hydrogen-bond acceptors (Lipinski definition) is 3. The minimum absolute atomic E-state index is 0.199. The molecule has 2 aromatic heterocycles. The standard InChI is InChI=1S/C15H18N6O/c1-9-5-12-13(6-10(9)2)19-14(18-12)21-8-11(7-16-21)17-15(22)20(3)4/h5-8H,1-4H3,(H,17,22)(H,18,19). The van der Waals surface area contributed by atoms with Gasteiger partial charge in [0, 0.05) is 14.1 Å². The molecule has 0 saturated carbocycles. The largest absolute Gasteiger partial charge is 0.331 e. The van der Waals surface area contributed by atoms with Crippen LogP contribution < -0.4 is 5.32 Å². The molecule has 0 unspecified atom stereocenters. The third-order valence-electron chi connectivity index (χ3n) is 3.54. The highest BCUT2D eigenvalue weighted by Crippen LogP contribution is 2.19. The minimum atomic E-state index is -0.199. The fourth-order valence-corrected chi connectivity index (χ4v) is 2.10. The summed E-state index contributed by atoms with van der Waals surface area (Å²) in [4.78, 5) is 20.9. The van der Waals surface area contributed by atoms with Crippen molar-refractivity contribution in [2.45, 2.75) is 13.8 Å². The van der Waals surface area contributed by atoms with Gasteiger partial charge in [0.1, 0.15) is 0 Å². The number of amides is 2. The number of aromatic amines is 1. The Bertz CT molecular complexity index is 806. The Hall–Kier alpha value is -2.83. The molecule has 0 atom stereocenters. The summed E-state index contributed by atoms with van der Waals surface area (Å²) >= 11 is 0. The molecule has 7 heteroatoms. The van der Waals surface area contributed by atoms with E-state index in [2.05, 4.69) is 40.3 Å². The van der Waals surface area contributed by atoms with Crippen molar-refractivity contribution in [3.63, 3.8) is 0 Å². The third-order valence-corrected chi connectivity index (χ3v) is 3.54. The van der Waals surface area contributed by atoms with Crippen molar-refractivity contribution < 1.29 is 4.79 Å². The Kier molecular flexibility index (Phi) is 3.32. The van der Waals surface area contributed by atoms with Gasteiger partial charge in [-0.2, -0.15) is 5.10 Å². The number of hydrogen-bond donors (Lipinski definition) is 2. The van der Waals surface area contributed by atoms with Gasteiger partial charge in [0.25, 0.3) is 0 Å². The van der Waals surface area contributed by atoms with Gasteiger partial charge in [-0.05, 0) is 37.1 Å². The topological polar surface area (TPSA) is 78.8 Å². The molecule has 2 heterocycles. The van der Waals surface area contributed by atoms with E-state index in [0.717, 1.165) is 11.0 Å². The molecule has 1 aromatic carbocycles. The molecule has 2 amide bonds. The van der Waals surface area contributed by atoms with E-state index >= 15 is 0 Å². The number of carbonyl (C=O) groups is 1. The van der Waals surface area contributed by atoms with E-state index in [-0.39, 0.29) is 6.03 Å². The molecule has 3 rings (SSSR count). The van der Waals surface area contributed by atoms with Gasteiger partial charge in [0.15, 0.2) is 0 Å². The normalized spacial score (nSPS) is 10.9. The Morgan fingerprint density at radius 3 is 2.73 bits per heavy atom. The van der Waals surface area contributed by atoms with E-state index in [1.54, 1.807) is 31.2 Å². The predicted molar refractivity (Wildman–Crippen MR) is 85.4 cm³/mol. The second kappa shape index (κ2) is 5.18. The summed E-state index contributed by atoms with van der Waals surface area (Å²) < 4.78 is 1.61. The van der Waals surface area contributed by atoms with Crippen LogP contribution in [-0.4, -0.2) is 44.8 Å². The Morgan fingerprint density at radius 1 is 1.27 bits per heavy atom. The zero-order chi connectivity index (χ0) is 15.9. The average molecular weight is 298 g/mol. The lowest BCUT2D eigenvalue weighted by Gasteiger charge is -2.09. The number of aryl methyl sites for hydroxylation is 2. The lowest BCUT2D eigenvalue weighted by atomic mass is 10.1. The fraction of sp³-hybridized carbons (Fsp3) is 0.267. The third kappa shape index (κ3) is 2.52. The highest BCUT2D eigenvalue weighted by Gasteiger charge is 2.10. The molecule has 0 aliphatic carbocycles. The van der Waals surface area contributed by atoms with Crippen LogP contribution in [0.5, 0.6) is 0 Å². The molecule has 2 N–H and O–H groups in total. The number of rotatable bonds is 2. The van der Waals surface area contributed by atoms with Crippen molar-refractivity contribution in [3.05, 3.63) is 35.7 Å². The van der Waals surface area contributed by atoms with Crippen molar-refractivity contribution in [2.24, 2.45) is 0 Å². The minimum Gasteiger partial charge on any atom is -0.331 e. The number of H-pyrrole nitrogens is 1. The first-order valence-electron chi connectivity index (χ1n) is 6.94. The zero-order valence-electron chi connectivity index (χ0n) is 13.0. The number of nitrogens with one attached hydrogen (secondary N) is 2. The van der Waals surface area contributed by atoms with Gasteiger partial charge in [-0.25, -0.2) is 14.5 Å². The maximum absolute atomic E-state index is 11.6. The molecule has 0 aliphatic rings. The summed E-state index contributed by atoms with van der Waals surface area (Å²) in [6.07, 6.45) is 3.31. The summed E-state index contributed by atoms with van der Waals surface area (Å²) in [5.74, 6) is 0.616. The number of carbonyl (C=O) groups excluding carboxylic acids is 1. The quantitative estimate of drug-likeness (QED) is 0.762. The zero-order valence-corrected chi connectivity index (χ0v) is 13.0. The number of anilines is 1. The number of nitrogens with zero attached hydrogens (tertiary/aromatic N) is 4. The Labute approximate surface area is 128 Å². The molecule has 0 fully saturated rings. The van der Waals surface area contributed by atoms with Gasteiger partial charge >= 0.3 is 6.03 Å². The molecule has 114 valence electrons. The van der Waals surface area contributed by atoms with Gasteiger partial charge < -0.3 is 15.2 Å². The van der Waals surface area contributed by atoms with Crippen molar-refractivity contribution in [1.82, 2.24) is 24.6 Å². The van der Waals surface area contributed by atoms with Crippen LogP contribution in [0.3, 0.4) is 0 Å². The van der Waals surface area contributed by atoms with E-state index in [9.17, 15) is 4.79 Å². The van der Waals surface area contributed by atoms with Crippen molar-refractivity contribution >= 4 is 22.8 Å². The van der Waals surface area contributed by atoms with E-state index in [4.69, 9.17) is 0 Å². The van der Waals surface area contributed by atoms with Crippen LogP contribution in [0.4, 0.5) is 10.5 Å². The van der Waals surface area contributed by atoms with E-state index in [1.165, 1.54) is 16.0 Å². The first-order valence-corrected chi connectivity index (χ1v) is 6.94. The van der Waals surface area contributed by atoms with Crippen LogP contribution >= 0.6 is 0 Å². The monoisotopic (exact) mass is 298 g/mol. The summed E-state index contributed by atoms with van der Waals surface area (Å²) in [6.45, 7) is 4.13. The van der Waals surface area contributed by atoms with E-state index < -0.39 is 0 Å². The molecule has 0 radical (unpaired) electrons. The SMILES string of the molecule is Cc1cc2nc(-n3cc(NC(=O)N(C)C)cn3)[nH]c2cc1C. The van der Waals surface area contributed by atoms with Gasteiger partial charge in [0.05, 0.1) is 29.1 Å². The molecule has 0 bridgehead atoms. The maximum atomic E-state index is 11.6. The lowest BCUT2D eigenvalue weighted by molar-refractivity contribution is 0.230. The first kappa shape index (κ1) is 14.1. The second-order valence-corrected chi connectivity index (χ2v) is 5.51. The van der Waals surface area contributed by atoms with E-state index in [0.29, 0.717) is 11.6 Å². The number of imidazole rings is 1. The van der Waals surface area contributed by atoms with Crippen LogP contribution in [0, 0.1) is 13.8 Å². The van der Waals surface area contributed by atoms with Crippen molar-refractivity contribution in [3.8, 4) is 5.95 Å². The summed E-state index contributed by atoms with van der Waals surface area (Å²) in [6, 6.07) is 3.91. The van der Waals surface area contributed by atoms with Gasteiger partial charge in [-0.15, -0.1) is 0 Å². The molecule has 0 aliphatic heterocycles. The number of aromatic nitrogens is 4. The van der Waals surface area contributed by atoms with Crippen molar-refractivity contribution in [2.75, 3.05) is 19.4 Å². The molecule has 0 saturated heterocycles. The Balaban J connectivity index is 1.91. The Morgan fingerprint density at radius 2 is 2.00 bits per heavy atom. The van der Waals surface area contributed by atoms with Crippen LogP contribution in [0.25, 0.3) is 17.0 Å². The van der Waals surface area contributed by atoms with Crippen LogP contribution in [0.1, 0.15) is 11.1 Å². The highest BCUT2D eigenvalue weighted by molar-refractivity contribution is 5.88. The molecular formula is C15H18N6O. The molecule has 0 spiro atoms. The fourth-order valence-electron chi connectivity index (χ4n) is 2.10. The highest BCUT2D eigenvalue weighted by atomic mass is 16.2. The van der Waals surface area contributed by atoms with Gasteiger partial charge in [-0.1, -0.05) is 0 Å². The van der Waals surface area contributed by atoms with Gasteiger partial charge in [-0.3, -0.25) is 0 Å². The predicted octanol–water partition coefficient (Wildman–Crippen LogP) is 2.46. The molecule has 7 nitrogen and oxygen atoms in total.